The van der Waals surface area contributed by atoms with Gasteiger partial charge in [0.1, 0.15) is 5.75 Å². The molecule has 1 saturated heterocycles. The summed E-state index contributed by atoms with van der Waals surface area (Å²) in [7, 11) is 1.58. The smallest absolute Gasteiger partial charge is 0.251 e. The van der Waals surface area contributed by atoms with E-state index in [2.05, 4.69) is 16.0 Å². The Balaban J connectivity index is 0.00000242. The molecule has 1 aromatic rings. The van der Waals surface area contributed by atoms with Crippen molar-refractivity contribution in [2.24, 2.45) is 5.92 Å². The summed E-state index contributed by atoms with van der Waals surface area (Å²) < 4.78 is 5.04. The Morgan fingerprint density at radius 3 is 2.50 bits per heavy atom. The van der Waals surface area contributed by atoms with Gasteiger partial charge >= 0.3 is 0 Å². The van der Waals surface area contributed by atoms with Crippen LogP contribution in [0, 0.1) is 5.92 Å². The highest BCUT2D eigenvalue weighted by Crippen LogP contribution is 2.11. The Kier molecular flexibility index (Phi) is 7.70. The Bertz CT molecular complexity index is 487. The van der Waals surface area contributed by atoms with Crippen molar-refractivity contribution in [1.29, 1.82) is 0 Å². The van der Waals surface area contributed by atoms with Gasteiger partial charge in [-0.05, 0) is 37.2 Å². The molecule has 0 spiro atoms. The van der Waals surface area contributed by atoms with Crippen molar-refractivity contribution < 1.29 is 14.3 Å². The van der Waals surface area contributed by atoms with Crippen LogP contribution in [0.15, 0.2) is 24.3 Å². The number of carbonyl (C=O) groups excluding carboxylic acids is 2. The Labute approximate surface area is 136 Å². The number of rotatable bonds is 6. The number of halogens is 1. The van der Waals surface area contributed by atoms with E-state index >= 15 is 0 Å². The molecule has 1 fully saturated rings. The second-order valence-electron chi connectivity index (χ2n) is 4.97. The maximum absolute atomic E-state index is 11.9. The molecule has 0 saturated carbocycles. The molecular weight excluding hydrogens is 306 g/mol. The van der Waals surface area contributed by atoms with Gasteiger partial charge in [0.25, 0.3) is 5.91 Å². The van der Waals surface area contributed by atoms with Gasteiger partial charge in [-0.2, -0.15) is 0 Å². The molecule has 2 rings (SSSR count). The van der Waals surface area contributed by atoms with E-state index < -0.39 is 0 Å². The van der Waals surface area contributed by atoms with Crippen LogP contribution in [0.25, 0.3) is 0 Å². The summed E-state index contributed by atoms with van der Waals surface area (Å²) in [6.07, 6.45) is 0.879. The molecule has 0 radical (unpaired) electrons. The molecule has 1 heterocycles. The quantitative estimate of drug-likeness (QED) is 0.668. The molecule has 1 atom stereocenters. The second-order valence-corrected chi connectivity index (χ2v) is 4.97. The molecule has 22 heavy (non-hydrogen) atoms. The van der Waals surface area contributed by atoms with Gasteiger partial charge < -0.3 is 20.7 Å². The van der Waals surface area contributed by atoms with Gasteiger partial charge in [0, 0.05) is 25.2 Å². The molecule has 3 N–H and O–H groups in total. The first-order valence-electron chi connectivity index (χ1n) is 7.11. The second kappa shape index (κ2) is 9.27. The molecule has 122 valence electrons. The van der Waals surface area contributed by atoms with Crippen LogP contribution >= 0.6 is 12.4 Å². The van der Waals surface area contributed by atoms with Gasteiger partial charge in [-0.15, -0.1) is 12.4 Å². The third kappa shape index (κ3) is 5.20. The summed E-state index contributed by atoms with van der Waals surface area (Å²) in [4.78, 5) is 23.6. The van der Waals surface area contributed by atoms with Crippen molar-refractivity contribution in [2.75, 3.05) is 33.3 Å². The minimum atomic E-state index is -0.158. The number of benzene rings is 1. The van der Waals surface area contributed by atoms with Crippen molar-refractivity contribution in [3.05, 3.63) is 29.8 Å². The number of ether oxygens (including phenoxy) is 1. The highest BCUT2D eigenvalue weighted by Gasteiger charge is 2.21. The van der Waals surface area contributed by atoms with E-state index in [9.17, 15) is 9.59 Å². The van der Waals surface area contributed by atoms with Crippen LogP contribution in [0.5, 0.6) is 5.75 Å². The first-order chi connectivity index (χ1) is 10.2. The fourth-order valence-corrected chi connectivity index (χ4v) is 2.23. The fraction of sp³-hybridized carbons (Fsp3) is 0.467. The number of methoxy groups -OCH3 is 1. The topological polar surface area (TPSA) is 79.5 Å². The maximum atomic E-state index is 11.9. The van der Waals surface area contributed by atoms with Gasteiger partial charge in [0.15, 0.2) is 0 Å². The van der Waals surface area contributed by atoms with Crippen molar-refractivity contribution in [1.82, 2.24) is 16.0 Å². The van der Waals surface area contributed by atoms with Gasteiger partial charge in [-0.25, -0.2) is 0 Å². The van der Waals surface area contributed by atoms with E-state index in [0.29, 0.717) is 24.4 Å². The normalized spacial score (nSPS) is 16.5. The lowest BCUT2D eigenvalue weighted by Gasteiger charge is -2.10. The van der Waals surface area contributed by atoms with Crippen LogP contribution in [0.1, 0.15) is 16.8 Å². The van der Waals surface area contributed by atoms with Gasteiger partial charge in [-0.1, -0.05) is 0 Å². The minimum absolute atomic E-state index is 0. The predicted octanol–water partition coefficient (Wildman–Crippen LogP) is 0.573. The maximum Gasteiger partial charge on any atom is 0.251 e. The van der Waals surface area contributed by atoms with Crippen molar-refractivity contribution >= 4 is 24.2 Å². The highest BCUT2D eigenvalue weighted by molar-refractivity contribution is 5.94. The first kappa shape index (κ1) is 18.3. The van der Waals surface area contributed by atoms with E-state index in [-0.39, 0.29) is 30.1 Å². The predicted molar refractivity (Wildman–Crippen MR) is 86.6 cm³/mol. The van der Waals surface area contributed by atoms with Crippen LogP contribution in [-0.2, 0) is 4.79 Å². The zero-order valence-electron chi connectivity index (χ0n) is 12.6. The largest absolute Gasteiger partial charge is 0.497 e. The summed E-state index contributed by atoms with van der Waals surface area (Å²) in [6.45, 7) is 2.49. The average molecular weight is 328 g/mol. The van der Waals surface area contributed by atoms with Crippen molar-refractivity contribution in [3.63, 3.8) is 0 Å². The van der Waals surface area contributed by atoms with E-state index in [1.54, 1.807) is 31.4 Å². The average Bonchev–Trinajstić information content (AvgIpc) is 3.05. The van der Waals surface area contributed by atoms with Crippen LogP contribution < -0.4 is 20.7 Å². The highest BCUT2D eigenvalue weighted by atomic mass is 35.5. The molecule has 0 aromatic heterocycles. The number of carbonyl (C=O) groups is 2. The molecule has 0 aliphatic carbocycles. The van der Waals surface area contributed by atoms with Gasteiger partial charge in [0.05, 0.1) is 13.0 Å². The molecule has 6 nitrogen and oxygen atoms in total. The van der Waals surface area contributed by atoms with Crippen molar-refractivity contribution in [2.45, 2.75) is 6.42 Å². The zero-order chi connectivity index (χ0) is 15.1. The van der Waals surface area contributed by atoms with Crippen molar-refractivity contribution in [3.8, 4) is 5.75 Å². The fourth-order valence-electron chi connectivity index (χ4n) is 2.23. The molecule has 1 aliphatic heterocycles. The van der Waals surface area contributed by atoms with Gasteiger partial charge in [-0.3, -0.25) is 9.59 Å². The monoisotopic (exact) mass is 327 g/mol. The first-order valence-corrected chi connectivity index (χ1v) is 7.11. The van der Waals surface area contributed by atoms with E-state index in [0.717, 1.165) is 19.5 Å². The summed E-state index contributed by atoms with van der Waals surface area (Å²) in [5, 5.41) is 8.76. The summed E-state index contributed by atoms with van der Waals surface area (Å²) >= 11 is 0. The van der Waals surface area contributed by atoms with Gasteiger partial charge in [0.2, 0.25) is 5.91 Å². The molecular formula is C15H22ClN3O3. The zero-order valence-corrected chi connectivity index (χ0v) is 13.4. The number of amides is 2. The molecule has 1 unspecified atom stereocenters. The third-order valence-electron chi connectivity index (χ3n) is 3.49. The Hall–Kier alpha value is -1.79. The molecule has 1 aliphatic rings. The van der Waals surface area contributed by atoms with E-state index in [1.807, 2.05) is 0 Å². The molecule has 7 heteroatoms. The number of hydrogen-bond donors (Lipinski definition) is 3. The Morgan fingerprint density at radius 1 is 1.23 bits per heavy atom. The third-order valence-corrected chi connectivity index (χ3v) is 3.49. The lowest BCUT2D eigenvalue weighted by Crippen LogP contribution is -2.38. The molecule has 1 aromatic carbocycles. The van der Waals surface area contributed by atoms with Crippen LogP contribution in [0.3, 0.4) is 0 Å². The lowest BCUT2D eigenvalue weighted by molar-refractivity contribution is -0.124. The minimum Gasteiger partial charge on any atom is -0.497 e. The van der Waals surface area contributed by atoms with Crippen LogP contribution in [0.2, 0.25) is 0 Å². The lowest BCUT2D eigenvalue weighted by atomic mass is 10.1. The Morgan fingerprint density at radius 2 is 1.91 bits per heavy atom. The standard InChI is InChI=1S/C15H21N3O3.ClH/c1-21-13-4-2-11(3-5-13)14(19)17-8-9-18-15(20)12-6-7-16-10-12;/h2-5,12,16H,6-10H2,1H3,(H,17,19)(H,18,20);1H. The number of hydrogen-bond acceptors (Lipinski definition) is 4. The summed E-state index contributed by atoms with van der Waals surface area (Å²) in [5.41, 5.74) is 0.571. The summed E-state index contributed by atoms with van der Waals surface area (Å²) in [6, 6.07) is 6.89. The van der Waals surface area contributed by atoms with E-state index in [1.165, 1.54) is 0 Å². The molecule has 2 amide bonds. The van der Waals surface area contributed by atoms with E-state index in [4.69, 9.17) is 4.74 Å². The molecule has 0 bridgehead atoms. The van der Waals surface area contributed by atoms with Crippen LogP contribution in [0.4, 0.5) is 0 Å². The SMILES string of the molecule is COc1ccc(C(=O)NCCNC(=O)C2CCNC2)cc1.Cl. The van der Waals surface area contributed by atoms with Crippen LogP contribution in [-0.4, -0.2) is 45.1 Å². The summed E-state index contributed by atoms with van der Waals surface area (Å²) in [5.74, 6) is 0.666. The number of nitrogens with one attached hydrogen (secondary N) is 3.